The summed E-state index contributed by atoms with van der Waals surface area (Å²) in [5, 5.41) is 3.38. The van der Waals surface area contributed by atoms with E-state index in [1.807, 2.05) is 11.8 Å². The van der Waals surface area contributed by atoms with Crippen LogP contribution in [0.25, 0.3) is 0 Å². The van der Waals surface area contributed by atoms with Gasteiger partial charge in [0.1, 0.15) is 5.82 Å². The smallest absolute Gasteiger partial charge is 0.257 e. The van der Waals surface area contributed by atoms with Crippen molar-refractivity contribution in [1.82, 2.24) is 20.2 Å². The summed E-state index contributed by atoms with van der Waals surface area (Å²) in [5.41, 5.74) is 1.48. The molecule has 5 heteroatoms. The molecule has 1 aromatic heterocycles. The number of aromatic nitrogens is 2. The second-order valence-electron chi connectivity index (χ2n) is 5.77. The molecule has 0 radical (unpaired) electrons. The van der Waals surface area contributed by atoms with Gasteiger partial charge in [0.25, 0.3) is 5.91 Å². The molecular weight excluding hydrogens is 252 g/mol. The van der Waals surface area contributed by atoms with E-state index in [1.165, 1.54) is 6.42 Å². The zero-order valence-corrected chi connectivity index (χ0v) is 12.1. The summed E-state index contributed by atoms with van der Waals surface area (Å²) in [6, 6.07) is 0. The number of likely N-dealkylation sites (tertiary alicyclic amines) is 1. The molecule has 3 heterocycles. The van der Waals surface area contributed by atoms with Crippen molar-refractivity contribution < 1.29 is 4.79 Å². The van der Waals surface area contributed by atoms with Gasteiger partial charge >= 0.3 is 0 Å². The lowest BCUT2D eigenvalue weighted by atomic mass is 9.98. The Kier molecular flexibility index (Phi) is 3.96. The van der Waals surface area contributed by atoms with Gasteiger partial charge < -0.3 is 10.2 Å². The molecule has 1 amide bonds. The summed E-state index contributed by atoms with van der Waals surface area (Å²) >= 11 is 0. The summed E-state index contributed by atoms with van der Waals surface area (Å²) < 4.78 is 0. The third kappa shape index (κ3) is 2.68. The van der Waals surface area contributed by atoms with Crippen LogP contribution >= 0.6 is 0 Å². The van der Waals surface area contributed by atoms with Crippen LogP contribution in [-0.4, -0.2) is 47.0 Å². The zero-order valence-electron chi connectivity index (χ0n) is 12.1. The normalized spacial score (nSPS) is 23.1. The van der Waals surface area contributed by atoms with Gasteiger partial charge in [-0.3, -0.25) is 4.79 Å². The topological polar surface area (TPSA) is 58.1 Å². The van der Waals surface area contributed by atoms with E-state index < -0.39 is 0 Å². The third-order valence-electron chi connectivity index (χ3n) is 4.28. The van der Waals surface area contributed by atoms with E-state index in [4.69, 9.17) is 0 Å². The third-order valence-corrected chi connectivity index (χ3v) is 4.28. The molecule has 3 rings (SSSR count). The minimum Gasteiger partial charge on any atom is -0.339 e. The van der Waals surface area contributed by atoms with Crippen LogP contribution < -0.4 is 5.32 Å². The molecule has 0 unspecified atom stereocenters. The van der Waals surface area contributed by atoms with Gasteiger partial charge in [-0.15, -0.1) is 0 Å². The van der Waals surface area contributed by atoms with E-state index in [-0.39, 0.29) is 5.91 Å². The highest BCUT2D eigenvalue weighted by atomic mass is 16.2. The molecule has 1 N–H and O–H groups in total. The van der Waals surface area contributed by atoms with Gasteiger partial charge in [-0.25, -0.2) is 9.97 Å². The summed E-state index contributed by atoms with van der Waals surface area (Å²) in [6.45, 7) is 5.68. The molecule has 2 aliphatic rings. The van der Waals surface area contributed by atoms with Crippen LogP contribution in [0.4, 0.5) is 0 Å². The van der Waals surface area contributed by atoms with Gasteiger partial charge in [-0.05, 0) is 39.2 Å². The first-order chi connectivity index (χ1) is 9.75. The van der Waals surface area contributed by atoms with Crippen molar-refractivity contribution in [3.8, 4) is 0 Å². The van der Waals surface area contributed by atoms with E-state index in [9.17, 15) is 4.79 Å². The van der Waals surface area contributed by atoms with Crippen LogP contribution in [0.5, 0.6) is 0 Å². The molecule has 20 heavy (non-hydrogen) atoms. The van der Waals surface area contributed by atoms with E-state index in [1.54, 1.807) is 6.20 Å². The Labute approximate surface area is 119 Å². The molecule has 108 valence electrons. The number of piperidine rings is 1. The standard InChI is InChI=1S/C15H22N4O/c1-11-13(15(20)19-7-2-3-8-19)10-17-14(18-11)12-5-4-6-16-9-12/h10,12,16H,2-9H2,1H3/t12-/m0/s1. The Hall–Kier alpha value is -1.49. The fraction of sp³-hybridized carbons (Fsp3) is 0.667. The first kappa shape index (κ1) is 13.5. The minimum absolute atomic E-state index is 0.0910. The van der Waals surface area contributed by atoms with E-state index in [0.29, 0.717) is 11.5 Å². The summed E-state index contributed by atoms with van der Waals surface area (Å²) in [6.07, 6.45) is 6.25. The summed E-state index contributed by atoms with van der Waals surface area (Å²) in [5.74, 6) is 1.36. The quantitative estimate of drug-likeness (QED) is 0.887. The molecule has 1 aromatic rings. The zero-order chi connectivity index (χ0) is 13.9. The van der Waals surface area contributed by atoms with Crippen LogP contribution in [0, 0.1) is 6.92 Å². The fourth-order valence-electron chi connectivity index (χ4n) is 3.05. The molecule has 2 saturated heterocycles. The average molecular weight is 274 g/mol. The van der Waals surface area contributed by atoms with E-state index >= 15 is 0 Å². The first-order valence-electron chi connectivity index (χ1n) is 7.59. The summed E-state index contributed by atoms with van der Waals surface area (Å²) in [7, 11) is 0. The van der Waals surface area contributed by atoms with Gasteiger partial charge in [0, 0.05) is 31.7 Å². The maximum atomic E-state index is 12.4. The highest BCUT2D eigenvalue weighted by molar-refractivity contribution is 5.95. The molecule has 0 spiro atoms. The minimum atomic E-state index is 0.0910. The van der Waals surface area contributed by atoms with Gasteiger partial charge in [0.2, 0.25) is 0 Å². The van der Waals surface area contributed by atoms with Crippen LogP contribution in [-0.2, 0) is 0 Å². The monoisotopic (exact) mass is 274 g/mol. The molecule has 2 aliphatic heterocycles. The van der Waals surface area contributed by atoms with Gasteiger partial charge in [-0.2, -0.15) is 0 Å². The highest BCUT2D eigenvalue weighted by Gasteiger charge is 2.24. The van der Waals surface area contributed by atoms with Gasteiger partial charge in [-0.1, -0.05) is 0 Å². The number of hydrogen-bond acceptors (Lipinski definition) is 4. The molecule has 0 bridgehead atoms. The van der Waals surface area contributed by atoms with Crippen LogP contribution in [0.2, 0.25) is 0 Å². The number of aryl methyl sites for hydroxylation is 1. The van der Waals surface area contributed by atoms with Gasteiger partial charge in [0.05, 0.1) is 11.3 Å². The van der Waals surface area contributed by atoms with Crippen LogP contribution in [0.3, 0.4) is 0 Å². The Morgan fingerprint density at radius 2 is 2.15 bits per heavy atom. The lowest BCUT2D eigenvalue weighted by molar-refractivity contribution is 0.0791. The lowest BCUT2D eigenvalue weighted by Crippen LogP contribution is -2.31. The van der Waals surface area contributed by atoms with Crippen molar-refractivity contribution in [1.29, 1.82) is 0 Å². The average Bonchev–Trinajstić information content (AvgIpc) is 3.01. The number of hydrogen-bond donors (Lipinski definition) is 1. The van der Waals surface area contributed by atoms with Gasteiger partial charge in [0.15, 0.2) is 0 Å². The number of rotatable bonds is 2. The molecule has 0 aliphatic carbocycles. The van der Waals surface area contributed by atoms with Crippen molar-refractivity contribution >= 4 is 5.91 Å². The van der Waals surface area contributed by atoms with E-state index in [2.05, 4.69) is 15.3 Å². The van der Waals surface area contributed by atoms with Crippen LogP contribution in [0.15, 0.2) is 6.20 Å². The Morgan fingerprint density at radius 1 is 1.35 bits per heavy atom. The predicted molar refractivity (Wildman–Crippen MR) is 76.8 cm³/mol. The van der Waals surface area contributed by atoms with Crippen LogP contribution in [0.1, 0.15) is 53.5 Å². The molecule has 0 saturated carbocycles. The predicted octanol–water partition coefficient (Wildman–Crippen LogP) is 1.49. The Bertz CT molecular complexity index is 491. The van der Waals surface area contributed by atoms with Crippen molar-refractivity contribution in [2.75, 3.05) is 26.2 Å². The number of carbonyl (C=O) groups excluding carboxylic acids is 1. The maximum absolute atomic E-state index is 12.4. The second kappa shape index (κ2) is 5.87. The molecule has 1 atom stereocenters. The molecular formula is C15H22N4O. The second-order valence-corrected chi connectivity index (χ2v) is 5.77. The first-order valence-corrected chi connectivity index (χ1v) is 7.59. The Balaban J connectivity index is 1.78. The highest BCUT2D eigenvalue weighted by Crippen LogP contribution is 2.21. The van der Waals surface area contributed by atoms with E-state index in [0.717, 1.165) is 57.0 Å². The summed E-state index contributed by atoms with van der Waals surface area (Å²) in [4.78, 5) is 23.3. The number of carbonyl (C=O) groups is 1. The van der Waals surface area contributed by atoms with Crippen molar-refractivity contribution in [3.63, 3.8) is 0 Å². The number of nitrogens with zero attached hydrogens (tertiary/aromatic N) is 3. The SMILES string of the molecule is Cc1nc([C@H]2CCCNC2)ncc1C(=O)N1CCCC1. The number of amides is 1. The largest absolute Gasteiger partial charge is 0.339 e. The maximum Gasteiger partial charge on any atom is 0.257 e. The molecule has 0 aromatic carbocycles. The van der Waals surface area contributed by atoms with Crippen molar-refractivity contribution in [3.05, 3.63) is 23.3 Å². The van der Waals surface area contributed by atoms with Crippen molar-refractivity contribution in [2.24, 2.45) is 0 Å². The number of nitrogens with one attached hydrogen (secondary N) is 1. The molecule has 2 fully saturated rings. The van der Waals surface area contributed by atoms with Crippen molar-refractivity contribution in [2.45, 2.75) is 38.5 Å². The Morgan fingerprint density at radius 3 is 2.80 bits per heavy atom. The fourth-order valence-corrected chi connectivity index (χ4v) is 3.05. The lowest BCUT2D eigenvalue weighted by Gasteiger charge is -2.22. The molecule has 5 nitrogen and oxygen atoms in total.